The molecular formula is C18H23N. The highest BCUT2D eigenvalue weighted by atomic mass is 14.8. The van der Waals surface area contributed by atoms with E-state index in [1.807, 2.05) is 0 Å². The molecule has 0 amide bonds. The molecule has 0 heterocycles. The minimum atomic E-state index is -0.142. The molecule has 3 rings (SSSR count). The lowest BCUT2D eigenvalue weighted by atomic mass is 9.67. The lowest BCUT2D eigenvalue weighted by Gasteiger charge is -2.42. The number of rotatable bonds is 1. The summed E-state index contributed by atoms with van der Waals surface area (Å²) in [6, 6.07) is 15.1. The first-order valence-corrected chi connectivity index (χ1v) is 7.27. The van der Waals surface area contributed by atoms with Crippen LogP contribution in [0.3, 0.4) is 0 Å². The van der Waals surface area contributed by atoms with Gasteiger partial charge in [-0.2, -0.15) is 0 Å². The monoisotopic (exact) mass is 253 g/mol. The van der Waals surface area contributed by atoms with Crippen molar-refractivity contribution in [3.05, 3.63) is 48.0 Å². The normalized spacial score (nSPS) is 21.4. The number of fused-ring (bicyclic) bond motifs is 1. The van der Waals surface area contributed by atoms with Gasteiger partial charge in [-0.3, -0.25) is 0 Å². The summed E-state index contributed by atoms with van der Waals surface area (Å²) in [6.07, 6.45) is 4.61. The molecule has 1 nitrogen and oxygen atoms in total. The highest BCUT2D eigenvalue weighted by molar-refractivity contribution is 5.86. The van der Waals surface area contributed by atoms with E-state index in [-0.39, 0.29) is 5.54 Å². The number of nitrogens with two attached hydrogens (primary N) is 1. The van der Waals surface area contributed by atoms with Crippen molar-refractivity contribution in [1.82, 2.24) is 0 Å². The van der Waals surface area contributed by atoms with Gasteiger partial charge in [0, 0.05) is 5.54 Å². The Morgan fingerprint density at radius 1 is 0.842 bits per heavy atom. The van der Waals surface area contributed by atoms with Gasteiger partial charge in [-0.25, -0.2) is 0 Å². The molecule has 0 bridgehead atoms. The molecule has 1 saturated carbocycles. The molecule has 0 atom stereocenters. The van der Waals surface area contributed by atoms with Gasteiger partial charge in [-0.1, -0.05) is 56.3 Å². The Morgan fingerprint density at radius 3 is 2.21 bits per heavy atom. The van der Waals surface area contributed by atoms with Crippen LogP contribution in [0.1, 0.15) is 45.1 Å². The minimum absolute atomic E-state index is 0.142. The fourth-order valence-corrected chi connectivity index (χ4v) is 3.30. The summed E-state index contributed by atoms with van der Waals surface area (Å²) in [5.41, 5.74) is 8.41. The molecule has 2 N–H and O–H groups in total. The highest BCUT2D eigenvalue weighted by Crippen LogP contribution is 2.45. The maximum absolute atomic E-state index is 6.77. The van der Waals surface area contributed by atoms with E-state index in [0.29, 0.717) is 5.41 Å². The van der Waals surface area contributed by atoms with Crippen LogP contribution < -0.4 is 5.73 Å². The maximum atomic E-state index is 6.77. The van der Waals surface area contributed by atoms with Crippen LogP contribution in [0.15, 0.2) is 42.5 Å². The van der Waals surface area contributed by atoms with E-state index in [0.717, 1.165) is 12.8 Å². The zero-order valence-electron chi connectivity index (χ0n) is 11.9. The van der Waals surface area contributed by atoms with Crippen LogP contribution in [0.5, 0.6) is 0 Å². The van der Waals surface area contributed by atoms with Crippen molar-refractivity contribution in [3.63, 3.8) is 0 Å². The highest BCUT2D eigenvalue weighted by Gasteiger charge is 2.37. The largest absolute Gasteiger partial charge is 0.321 e. The van der Waals surface area contributed by atoms with Crippen molar-refractivity contribution in [2.45, 2.75) is 45.1 Å². The summed E-state index contributed by atoms with van der Waals surface area (Å²) in [4.78, 5) is 0. The Hall–Kier alpha value is -1.34. The molecule has 1 aliphatic rings. The van der Waals surface area contributed by atoms with Gasteiger partial charge in [-0.15, -0.1) is 0 Å². The van der Waals surface area contributed by atoms with Crippen molar-refractivity contribution in [1.29, 1.82) is 0 Å². The van der Waals surface area contributed by atoms with E-state index < -0.39 is 0 Å². The fourth-order valence-electron chi connectivity index (χ4n) is 3.30. The predicted molar refractivity (Wildman–Crippen MR) is 82.1 cm³/mol. The average Bonchev–Trinajstić information content (AvgIpc) is 2.42. The van der Waals surface area contributed by atoms with Crippen molar-refractivity contribution in [3.8, 4) is 0 Å². The summed E-state index contributed by atoms with van der Waals surface area (Å²) < 4.78 is 0. The van der Waals surface area contributed by atoms with Crippen LogP contribution >= 0.6 is 0 Å². The second-order valence-electron chi connectivity index (χ2n) is 6.85. The molecule has 1 fully saturated rings. The van der Waals surface area contributed by atoms with Crippen molar-refractivity contribution in [2.75, 3.05) is 0 Å². The SMILES string of the molecule is CC1(C)CCC(N)(c2cccc3ccccc23)CC1. The van der Waals surface area contributed by atoms with E-state index in [1.54, 1.807) is 0 Å². The Morgan fingerprint density at radius 2 is 1.47 bits per heavy atom. The maximum Gasteiger partial charge on any atom is 0.0416 e. The van der Waals surface area contributed by atoms with Crippen LogP contribution in [-0.4, -0.2) is 0 Å². The van der Waals surface area contributed by atoms with Crippen molar-refractivity contribution < 1.29 is 0 Å². The number of hydrogen-bond donors (Lipinski definition) is 1. The molecule has 2 aromatic carbocycles. The molecule has 100 valence electrons. The average molecular weight is 253 g/mol. The molecule has 0 saturated heterocycles. The first-order valence-electron chi connectivity index (χ1n) is 7.27. The summed E-state index contributed by atoms with van der Waals surface area (Å²) >= 11 is 0. The van der Waals surface area contributed by atoms with Gasteiger partial charge in [0.05, 0.1) is 0 Å². The molecule has 2 aromatic rings. The molecular weight excluding hydrogens is 230 g/mol. The lowest BCUT2D eigenvalue weighted by molar-refractivity contribution is 0.166. The predicted octanol–water partition coefficient (Wildman–Crippen LogP) is 4.59. The van der Waals surface area contributed by atoms with E-state index in [2.05, 4.69) is 56.3 Å². The third kappa shape index (κ3) is 2.28. The Labute approximate surface area is 115 Å². The Balaban J connectivity index is 2.05. The van der Waals surface area contributed by atoms with Gasteiger partial charge < -0.3 is 5.73 Å². The third-order valence-corrected chi connectivity index (χ3v) is 4.82. The van der Waals surface area contributed by atoms with Crippen LogP contribution in [0, 0.1) is 5.41 Å². The summed E-state index contributed by atoms with van der Waals surface area (Å²) in [7, 11) is 0. The minimum Gasteiger partial charge on any atom is -0.321 e. The molecule has 0 radical (unpaired) electrons. The smallest absolute Gasteiger partial charge is 0.0416 e. The molecule has 0 aliphatic heterocycles. The quantitative estimate of drug-likeness (QED) is 0.790. The summed E-state index contributed by atoms with van der Waals surface area (Å²) in [5.74, 6) is 0. The van der Waals surface area contributed by atoms with Crippen molar-refractivity contribution in [2.24, 2.45) is 11.1 Å². The lowest BCUT2D eigenvalue weighted by Crippen LogP contribution is -2.42. The number of benzene rings is 2. The second kappa shape index (κ2) is 4.35. The van der Waals surface area contributed by atoms with Crippen LogP contribution in [0.2, 0.25) is 0 Å². The third-order valence-electron chi connectivity index (χ3n) is 4.82. The zero-order valence-corrected chi connectivity index (χ0v) is 11.9. The van der Waals surface area contributed by atoms with Gasteiger partial charge in [0.2, 0.25) is 0 Å². The van der Waals surface area contributed by atoms with Gasteiger partial charge in [-0.05, 0) is 47.4 Å². The second-order valence-corrected chi connectivity index (χ2v) is 6.85. The van der Waals surface area contributed by atoms with Crippen LogP contribution in [0.4, 0.5) is 0 Å². The topological polar surface area (TPSA) is 26.0 Å². The summed E-state index contributed by atoms with van der Waals surface area (Å²) in [6.45, 7) is 4.71. The van der Waals surface area contributed by atoms with Crippen LogP contribution in [-0.2, 0) is 5.54 Å². The van der Waals surface area contributed by atoms with E-state index in [1.165, 1.54) is 29.2 Å². The molecule has 0 spiro atoms. The first kappa shape index (κ1) is 12.7. The van der Waals surface area contributed by atoms with E-state index >= 15 is 0 Å². The Kier molecular flexibility index (Phi) is 2.90. The molecule has 1 heteroatoms. The van der Waals surface area contributed by atoms with Crippen LogP contribution in [0.25, 0.3) is 10.8 Å². The molecule has 19 heavy (non-hydrogen) atoms. The van der Waals surface area contributed by atoms with Gasteiger partial charge >= 0.3 is 0 Å². The summed E-state index contributed by atoms with van der Waals surface area (Å²) in [5, 5.41) is 2.63. The zero-order chi connectivity index (χ0) is 13.5. The molecule has 1 aliphatic carbocycles. The first-order chi connectivity index (χ1) is 9.00. The van der Waals surface area contributed by atoms with Gasteiger partial charge in [0.15, 0.2) is 0 Å². The standard InChI is InChI=1S/C18H23N/c1-17(2)10-12-18(19,13-11-17)16-9-5-7-14-6-3-4-8-15(14)16/h3-9H,10-13,19H2,1-2H3. The molecule has 0 aromatic heterocycles. The van der Waals surface area contributed by atoms with E-state index in [4.69, 9.17) is 5.73 Å². The van der Waals surface area contributed by atoms with Gasteiger partial charge in [0.25, 0.3) is 0 Å². The van der Waals surface area contributed by atoms with Gasteiger partial charge in [0.1, 0.15) is 0 Å². The van der Waals surface area contributed by atoms with Crippen molar-refractivity contribution >= 4 is 10.8 Å². The van der Waals surface area contributed by atoms with E-state index in [9.17, 15) is 0 Å². The number of hydrogen-bond acceptors (Lipinski definition) is 1. The molecule has 0 unspecified atom stereocenters. The Bertz CT molecular complexity index is 582. The fraction of sp³-hybridized carbons (Fsp3) is 0.444.